The third-order valence-electron chi connectivity index (χ3n) is 2.63. The van der Waals surface area contributed by atoms with Crippen LogP contribution < -0.4 is 11.1 Å². The number of nitrogens with one attached hydrogen (secondary N) is 1. The topological polar surface area (TPSA) is 55.1 Å². The molecule has 0 radical (unpaired) electrons. The first-order valence-corrected chi connectivity index (χ1v) is 6.12. The summed E-state index contributed by atoms with van der Waals surface area (Å²) in [6.45, 7) is 0. The molecule has 2 rings (SSSR count). The van der Waals surface area contributed by atoms with Gasteiger partial charge < -0.3 is 11.1 Å². The number of nitrogen functional groups attached to an aromatic ring is 1. The molecule has 3 N–H and O–H groups in total. The molecule has 0 aliphatic heterocycles. The van der Waals surface area contributed by atoms with Crippen molar-refractivity contribution in [3.8, 4) is 0 Å². The normalized spacial score (nSPS) is 10.3. The lowest BCUT2D eigenvalue weighted by atomic mass is 10.1. The van der Waals surface area contributed by atoms with Crippen LogP contribution in [-0.2, 0) is 11.2 Å². The van der Waals surface area contributed by atoms with Gasteiger partial charge in [-0.05, 0) is 29.8 Å². The zero-order valence-electron chi connectivity index (χ0n) is 10.3. The van der Waals surface area contributed by atoms with E-state index in [1.807, 2.05) is 0 Å². The minimum Gasteiger partial charge on any atom is -0.399 e. The Labute approximate surface area is 119 Å². The minimum absolute atomic E-state index is 0.101. The van der Waals surface area contributed by atoms with E-state index >= 15 is 0 Å². The summed E-state index contributed by atoms with van der Waals surface area (Å²) in [7, 11) is 0. The average Bonchev–Trinajstić information content (AvgIpc) is 2.37. The lowest BCUT2D eigenvalue weighted by Crippen LogP contribution is -2.15. The van der Waals surface area contributed by atoms with Gasteiger partial charge in [-0.1, -0.05) is 17.7 Å². The lowest BCUT2D eigenvalue weighted by molar-refractivity contribution is -0.115. The molecule has 2 aromatic carbocycles. The summed E-state index contributed by atoms with van der Waals surface area (Å²) >= 11 is 5.90. The maximum absolute atomic E-state index is 13.4. The smallest absolute Gasteiger partial charge is 0.228 e. The van der Waals surface area contributed by atoms with Crippen LogP contribution in [0.25, 0.3) is 0 Å². The SMILES string of the molecule is Nc1ccc(Cl)c(NC(=O)Cc2ccc(F)cc2F)c1. The Morgan fingerprint density at radius 2 is 1.95 bits per heavy atom. The first kappa shape index (κ1) is 14.3. The quantitative estimate of drug-likeness (QED) is 0.853. The molecule has 0 aliphatic carbocycles. The molecule has 0 aliphatic rings. The highest BCUT2D eigenvalue weighted by molar-refractivity contribution is 6.33. The Balaban J connectivity index is 2.11. The third kappa shape index (κ3) is 3.45. The molecular formula is C14H11ClF2N2O. The van der Waals surface area contributed by atoms with E-state index in [-0.39, 0.29) is 12.0 Å². The standard InChI is InChI=1S/C14H11ClF2N2O/c15-11-4-3-10(18)7-13(11)19-14(20)5-8-1-2-9(16)6-12(8)17/h1-4,6-7H,5,18H2,(H,19,20). The zero-order valence-corrected chi connectivity index (χ0v) is 11.0. The van der Waals surface area contributed by atoms with Crippen LogP contribution in [0.5, 0.6) is 0 Å². The van der Waals surface area contributed by atoms with Crippen molar-refractivity contribution in [3.05, 3.63) is 58.6 Å². The highest BCUT2D eigenvalue weighted by atomic mass is 35.5. The number of rotatable bonds is 3. The number of halogens is 3. The van der Waals surface area contributed by atoms with Gasteiger partial charge in [0.15, 0.2) is 0 Å². The fourth-order valence-corrected chi connectivity index (χ4v) is 1.84. The Bertz CT molecular complexity index is 662. The Morgan fingerprint density at radius 3 is 2.65 bits per heavy atom. The highest BCUT2D eigenvalue weighted by Gasteiger charge is 2.11. The van der Waals surface area contributed by atoms with Gasteiger partial charge in [0.1, 0.15) is 11.6 Å². The molecule has 0 spiro atoms. The maximum Gasteiger partial charge on any atom is 0.228 e. The molecule has 3 nitrogen and oxygen atoms in total. The van der Waals surface area contributed by atoms with Crippen molar-refractivity contribution in [2.24, 2.45) is 0 Å². The summed E-state index contributed by atoms with van der Waals surface area (Å²) in [5.74, 6) is -1.92. The largest absolute Gasteiger partial charge is 0.399 e. The van der Waals surface area contributed by atoms with Crippen molar-refractivity contribution < 1.29 is 13.6 Å². The van der Waals surface area contributed by atoms with Crippen molar-refractivity contribution in [3.63, 3.8) is 0 Å². The van der Waals surface area contributed by atoms with Crippen molar-refractivity contribution in [1.82, 2.24) is 0 Å². The average molecular weight is 297 g/mol. The monoisotopic (exact) mass is 296 g/mol. The summed E-state index contributed by atoms with van der Waals surface area (Å²) in [5, 5.41) is 2.86. The van der Waals surface area contributed by atoms with Crippen LogP contribution in [0.1, 0.15) is 5.56 Å². The van der Waals surface area contributed by atoms with Crippen LogP contribution in [-0.4, -0.2) is 5.91 Å². The van der Waals surface area contributed by atoms with Crippen LogP contribution in [0.15, 0.2) is 36.4 Å². The van der Waals surface area contributed by atoms with Crippen LogP contribution >= 0.6 is 11.6 Å². The molecule has 0 saturated carbocycles. The number of hydrogen-bond acceptors (Lipinski definition) is 2. The summed E-state index contributed by atoms with van der Waals surface area (Å²) in [6.07, 6.45) is -0.225. The van der Waals surface area contributed by atoms with Crippen LogP contribution in [0.3, 0.4) is 0 Å². The van der Waals surface area contributed by atoms with Gasteiger partial charge in [-0.2, -0.15) is 0 Å². The van der Waals surface area contributed by atoms with E-state index in [2.05, 4.69) is 5.32 Å². The Hall–Kier alpha value is -2.14. The van der Waals surface area contributed by atoms with Gasteiger partial charge >= 0.3 is 0 Å². The highest BCUT2D eigenvalue weighted by Crippen LogP contribution is 2.24. The molecule has 104 valence electrons. The maximum atomic E-state index is 13.4. The summed E-state index contributed by atoms with van der Waals surface area (Å²) in [6, 6.07) is 7.70. The van der Waals surface area contributed by atoms with Crippen molar-refractivity contribution >= 4 is 28.9 Å². The third-order valence-corrected chi connectivity index (χ3v) is 2.96. The van der Waals surface area contributed by atoms with Gasteiger partial charge in [0.25, 0.3) is 0 Å². The van der Waals surface area contributed by atoms with E-state index in [9.17, 15) is 13.6 Å². The summed E-state index contributed by atoms with van der Waals surface area (Å²) < 4.78 is 26.2. The van der Waals surface area contributed by atoms with E-state index in [0.29, 0.717) is 16.4 Å². The molecule has 6 heteroatoms. The summed E-state index contributed by atoms with van der Waals surface area (Å²) in [4.78, 5) is 11.8. The molecule has 0 unspecified atom stereocenters. The molecular weight excluding hydrogens is 286 g/mol. The van der Waals surface area contributed by atoms with Gasteiger partial charge in [-0.15, -0.1) is 0 Å². The van der Waals surface area contributed by atoms with E-state index in [0.717, 1.165) is 12.1 Å². The first-order valence-electron chi connectivity index (χ1n) is 5.74. The number of amides is 1. The minimum atomic E-state index is -0.765. The molecule has 0 heterocycles. The molecule has 20 heavy (non-hydrogen) atoms. The van der Waals surface area contributed by atoms with E-state index in [4.69, 9.17) is 17.3 Å². The molecule has 0 fully saturated rings. The van der Waals surface area contributed by atoms with Crippen LogP contribution in [0.4, 0.5) is 20.2 Å². The van der Waals surface area contributed by atoms with Gasteiger partial charge in [-0.3, -0.25) is 4.79 Å². The predicted molar refractivity (Wildman–Crippen MR) is 74.6 cm³/mol. The van der Waals surface area contributed by atoms with Gasteiger partial charge in [0.2, 0.25) is 5.91 Å². The molecule has 0 saturated heterocycles. The van der Waals surface area contributed by atoms with E-state index in [1.165, 1.54) is 12.1 Å². The van der Waals surface area contributed by atoms with Gasteiger partial charge in [-0.25, -0.2) is 8.78 Å². The van der Waals surface area contributed by atoms with Gasteiger partial charge in [0, 0.05) is 11.8 Å². The molecule has 0 atom stereocenters. The lowest BCUT2D eigenvalue weighted by Gasteiger charge is -2.08. The van der Waals surface area contributed by atoms with Gasteiger partial charge in [0.05, 0.1) is 17.1 Å². The van der Waals surface area contributed by atoms with E-state index in [1.54, 1.807) is 12.1 Å². The molecule has 0 bridgehead atoms. The number of hydrogen-bond donors (Lipinski definition) is 2. The second-order valence-electron chi connectivity index (χ2n) is 4.20. The zero-order chi connectivity index (χ0) is 14.7. The fourth-order valence-electron chi connectivity index (χ4n) is 1.67. The van der Waals surface area contributed by atoms with Crippen molar-refractivity contribution in [2.45, 2.75) is 6.42 Å². The Kier molecular flexibility index (Phi) is 4.20. The number of carbonyl (C=O) groups excluding carboxylic acids is 1. The molecule has 0 aromatic heterocycles. The van der Waals surface area contributed by atoms with E-state index < -0.39 is 17.5 Å². The summed E-state index contributed by atoms with van der Waals surface area (Å²) in [5.41, 5.74) is 6.47. The molecule has 1 amide bonds. The Morgan fingerprint density at radius 1 is 1.20 bits per heavy atom. The predicted octanol–water partition coefficient (Wildman–Crippen LogP) is 3.38. The molecule has 2 aromatic rings. The number of anilines is 2. The van der Waals surface area contributed by atoms with Crippen molar-refractivity contribution in [1.29, 1.82) is 0 Å². The van der Waals surface area contributed by atoms with Crippen molar-refractivity contribution in [2.75, 3.05) is 11.1 Å². The van der Waals surface area contributed by atoms with Crippen LogP contribution in [0, 0.1) is 11.6 Å². The second kappa shape index (κ2) is 5.88. The number of carbonyl (C=O) groups is 1. The second-order valence-corrected chi connectivity index (χ2v) is 4.61. The first-order chi connectivity index (χ1) is 9.45. The van der Waals surface area contributed by atoms with Crippen LogP contribution in [0.2, 0.25) is 5.02 Å². The fraction of sp³-hybridized carbons (Fsp3) is 0.0714. The number of benzene rings is 2. The number of nitrogens with two attached hydrogens (primary N) is 1.